The van der Waals surface area contributed by atoms with E-state index in [1.54, 1.807) is 26.0 Å². The van der Waals surface area contributed by atoms with Gasteiger partial charge in [0, 0.05) is 41.0 Å². The maximum absolute atomic E-state index is 15.6. The highest BCUT2D eigenvalue weighted by atomic mass is 35.5. The van der Waals surface area contributed by atoms with Gasteiger partial charge in [0.25, 0.3) is 5.56 Å². The number of hydrogen-bond donors (Lipinski definition) is 0. The molecule has 0 N–H and O–H groups in total. The highest BCUT2D eigenvalue weighted by Gasteiger charge is 2.42. The van der Waals surface area contributed by atoms with Gasteiger partial charge in [-0.15, -0.1) is 0 Å². The number of halogens is 3. The minimum atomic E-state index is -1.62. The molecule has 37 heavy (non-hydrogen) atoms. The van der Waals surface area contributed by atoms with Crippen LogP contribution in [-0.2, 0) is 10.8 Å². The van der Waals surface area contributed by atoms with Crippen LogP contribution in [0.5, 0.6) is 0 Å². The summed E-state index contributed by atoms with van der Waals surface area (Å²) in [5, 5.41) is 0.0105. The van der Waals surface area contributed by atoms with E-state index in [1.165, 1.54) is 30.7 Å². The van der Waals surface area contributed by atoms with Crippen molar-refractivity contribution in [3.8, 4) is 0 Å². The molecule has 192 valence electrons. The van der Waals surface area contributed by atoms with Crippen molar-refractivity contribution >= 4 is 34.3 Å². The van der Waals surface area contributed by atoms with Crippen molar-refractivity contribution in [3.63, 3.8) is 0 Å². The van der Waals surface area contributed by atoms with E-state index >= 15 is 8.78 Å². The number of hydrogen-bond acceptors (Lipinski definition) is 4. The fraction of sp³-hybridized carbons (Fsp3) is 0.250. The van der Waals surface area contributed by atoms with Crippen LogP contribution in [0.2, 0.25) is 5.02 Å². The standard InChI is InChI=1S/C28H26ClF2N3O2S/c1-5-12-32-27(18-9-7-11-24(26(18)31)37(4)36)22(30)15-34-17(3)13-21(25(29)28(34)35)19-14-20(19)23-10-6-8-16(2)33-23/h5-13,15,19-20H,14H2,1-4H3/b12-5+,22-15-,32-27+. The van der Waals surface area contributed by atoms with Gasteiger partial charge in [0.15, 0.2) is 5.83 Å². The van der Waals surface area contributed by atoms with E-state index in [9.17, 15) is 9.00 Å². The molecule has 0 aliphatic heterocycles. The maximum atomic E-state index is 15.6. The summed E-state index contributed by atoms with van der Waals surface area (Å²) in [6, 6.07) is 11.8. The summed E-state index contributed by atoms with van der Waals surface area (Å²) in [4.78, 5) is 21.8. The van der Waals surface area contributed by atoms with Crippen molar-refractivity contribution in [1.29, 1.82) is 0 Å². The predicted molar refractivity (Wildman–Crippen MR) is 145 cm³/mol. The summed E-state index contributed by atoms with van der Waals surface area (Å²) in [6.45, 7) is 5.29. The van der Waals surface area contributed by atoms with Gasteiger partial charge in [0.2, 0.25) is 0 Å². The quantitative estimate of drug-likeness (QED) is 0.323. The molecule has 3 unspecified atom stereocenters. The summed E-state index contributed by atoms with van der Waals surface area (Å²) in [7, 11) is -1.62. The fourth-order valence-corrected chi connectivity index (χ4v) is 5.23. The summed E-state index contributed by atoms with van der Waals surface area (Å²) in [6.07, 6.45) is 5.99. The lowest BCUT2D eigenvalue weighted by atomic mass is 10.1. The summed E-state index contributed by atoms with van der Waals surface area (Å²) in [5.74, 6) is -1.57. The highest BCUT2D eigenvalue weighted by Crippen LogP contribution is 2.55. The average molecular weight is 542 g/mol. The SMILES string of the molecule is C/C=C/N=C(/C(F)=C/n1c(C)cc(C2CC2c2cccc(C)n2)c(Cl)c1=O)c1cccc(S(C)=O)c1F. The molecule has 3 aromatic rings. The van der Waals surface area contributed by atoms with Gasteiger partial charge in [-0.1, -0.05) is 29.8 Å². The monoisotopic (exact) mass is 541 g/mol. The second-order valence-corrected chi connectivity index (χ2v) is 10.6. The van der Waals surface area contributed by atoms with E-state index in [1.807, 2.05) is 25.1 Å². The molecule has 9 heteroatoms. The van der Waals surface area contributed by atoms with Crippen LogP contribution in [0.4, 0.5) is 8.78 Å². The van der Waals surface area contributed by atoms with Crippen LogP contribution in [0.15, 0.2) is 75.2 Å². The van der Waals surface area contributed by atoms with E-state index in [2.05, 4.69) is 9.98 Å². The molecule has 1 saturated carbocycles. The van der Waals surface area contributed by atoms with Gasteiger partial charge in [-0.3, -0.25) is 23.5 Å². The van der Waals surface area contributed by atoms with Crippen LogP contribution >= 0.6 is 11.6 Å². The van der Waals surface area contributed by atoms with Gasteiger partial charge >= 0.3 is 0 Å². The molecule has 2 aromatic heterocycles. The Morgan fingerprint density at radius 2 is 1.95 bits per heavy atom. The maximum Gasteiger partial charge on any atom is 0.273 e. The normalized spacial score (nSPS) is 18.9. The molecule has 2 heterocycles. The molecule has 4 rings (SSSR count). The van der Waals surface area contributed by atoms with Gasteiger partial charge in [0.05, 0.1) is 21.9 Å². The summed E-state index contributed by atoms with van der Waals surface area (Å²) in [5.41, 5.74) is 1.97. The number of aliphatic imine (C=N–C) groups is 1. The molecular weight excluding hydrogens is 516 g/mol. The largest absolute Gasteiger partial charge is 0.284 e. The topological polar surface area (TPSA) is 64.3 Å². The lowest BCUT2D eigenvalue weighted by Crippen LogP contribution is -2.21. The predicted octanol–water partition coefficient (Wildman–Crippen LogP) is 6.45. The second-order valence-electron chi connectivity index (χ2n) is 8.89. The van der Waals surface area contributed by atoms with Crippen molar-refractivity contribution in [2.45, 2.75) is 43.9 Å². The minimum Gasteiger partial charge on any atom is -0.284 e. The first kappa shape index (κ1) is 26.8. The van der Waals surface area contributed by atoms with Crippen LogP contribution in [0.3, 0.4) is 0 Å². The molecule has 1 fully saturated rings. The van der Waals surface area contributed by atoms with E-state index < -0.39 is 28.0 Å². The number of nitrogens with zero attached hydrogens (tertiary/aromatic N) is 3. The Kier molecular flexibility index (Phi) is 7.99. The third-order valence-corrected chi connectivity index (χ3v) is 7.55. The average Bonchev–Trinajstić information content (AvgIpc) is 3.66. The first-order valence-electron chi connectivity index (χ1n) is 11.7. The van der Waals surface area contributed by atoms with Crippen molar-refractivity contribution in [3.05, 3.63) is 110 Å². The number of allylic oxidation sites excluding steroid dienone is 2. The Bertz CT molecular complexity index is 1540. The van der Waals surface area contributed by atoms with E-state index in [-0.39, 0.29) is 33.0 Å². The van der Waals surface area contributed by atoms with Crippen LogP contribution in [-0.4, -0.2) is 25.7 Å². The summed E-state index contributed by atoms with van der Waals surface area (Å²) >= 11 is 6.49. The first-order valence-corrected chi connectivity index (χ1v) is 13.6. The lowest BCUT2D eigenvalue weighted by Gasteiger charge is -2.12. The first-order chi connectivity index (χ1) is 17.6. The third-order valence-electron chi connectivity index (χ3n) is 6.23. The van der Waals surface area contributed by atoms with Crippen LogP contribution < -0.4 is 5.56 Å². The van der Waals surface area contributed by atoms with Gasteiger partial charge in [-0.25, -0.2) is 8.78 Å². The van der Waals surface area contributed by atoms with Crippen molar-refractivity contribution in [1.82, 2.24) is 9.55 Å². The van der Waals surface area contributed by atoms with Crippen LogP contribution in [0, 0.1) is 19.7 Å². The summed E-state index contributed by atoms with van der Waals surface area (Å²) < 4.78 is 43.7. The van der Waals surface area contributed by atoms with Gasteiger partial charge in [-0.05, 0) is 69.0 Å². The molecule has 0 saturated heterocycles. The zero-order valence-corrected chi connectivity index (χ0v) is 22.4. The third kappa shape index (κ3) is 5.55. The smallest absolute Gasteiger partial charge is 0.273 e. The lowest BCUT2D eigenvalue weighted by molar-refractivity contribution is 0.591. The minimum absolute atomic E-state index is 0.0105. The Hall–Kier alpha value is -3.23. The van der Waals surface area contributed by atoms with Crippen molar-refractivity contribution in [2.24, 2.45) is 4.99 Å². The number of aromatic nitrogens is 2. The Morgan fingerprint density at radius 3 is 2.62 bits per heavy atom. The van der Waals surface area contributed by atoms with Crippen LogP contribution in [0.25, 0.3) is 6.20 Å². The molecular formula is C28H26ClF2N3O2S. The number of aryl methyl sites for hydroxylation is 2. The van der Waals surface area contributed by atoms with Crippen LogP contribution in [0.1, 0.15) is 53.4 Å². The Morgan fingerprint density at radius 1 is 1.22 bits per heavy atom. The molecule has 1 aromatic carbocycles. The molecule has 1 aliphatic carbocycles. The number of pyridine rings is 2. The van der Waals surface area contributed by atoms with Gasteiger partial charge in [0.1, 0.15) is 16.6 Å². The molecule has 3 atom stereocenters. The van der Waals surface area contributed by atoms with Gasteiger partial charge < -0.3 is 0 Å². The zero-order valence-electron chi connectivity index (χ0n) is 20.8. The molecule has 0 spiro atoms. The molecule has 5 nitrogen and oxygen atoms in total. The number of benzene rings is 1. The second kappa shape index (κ2) is 11.0. The van der Waals surface area contributed by atoms with Gasteiger partial charge in [-0.2, -0.15) is 0 Å². The van der Waals surface area contributed by atoms with Crippen molar-refractivity contribution in [2.75, 3.05) is 6.26 Å². The van der Waals surface area contributed by atoms with E-state index in [0.29, 0.717) is 11.3 Å². The molecule has 0 bridgehead atoms. The molecule has 1 aliphatic rings. The highest BCUT2D eigenvalue weighted by molar-refractivity contribution is 7.84. The Labute approximate surface area is 221 Å². The van der Waals surface area contributed by atoms with E-state index in [0.717, 1.165) is 28.6 Å². The van der Waals surface area contributed by atoms with E-state index in [4.69, 9.17) is 11.6 Å². The number of rotatable bonds is 7. The fourth-order valence-electron chi connectivity index (χ4n) is 4.31. The van der Waals surface area contributed by atoms with Crippen molar-refractivity contribution < 1.29 is 13.0 Å². The Balaban J connectivity index is 1.74. The molecule has 0 radical (unpaired) electrons. The molecule has 0 amide bonds. The zero-order chi connectivity index (χ0) is 26.9.